The molecule has 7 nitrogen and oxygen atoms in total. The monoisotopic (exact) mass is 408 g/mol. The van der Waals surface area contributed by atoms with Crippen molar-refractivity contribution in [1.82, 2.24) is 10.3 Å². The van der Waals surface area contributed by atoms with Gasteiger partial charge in [0.25, 0.3) is 5.91 Å². The molecule has 2 aliphatic heterocycles. The molecule has 2 heterocycles. The van der Waals surface area contributed by atoms with Crippen molar-refractivity contribution in [3.63, 3.8) is 0 Å². The van der Waals surface area contributed by atoms with E-state index in [2.05, 4.69) is 10.4 Å². The predicted molar refractivity (Wildman–Crippen MR) is 112 cm³/mol. The van der Waals surface area contributed by atoms with Crippen molar-refractivity contribution < 1.29 is 14.4 Å². The third kappa shape index (κ3) is 3.00. The van der Waals surface area contributed by atoms with Crippen LogP contribution in [-0.2, 0) is 25.8 Å². The average Bonchev–Trinajstić information content (AvgIpc) is 3.16. The van der Waals surface area contributed by atoms with Crippen molar-refractivity contribution >= 4 is 40.3 Å². The molecular weight excluding hydrogens is 388 g/mol. The lowest BCUT2D eigenvalue weighted by Crippen LogP contribution is -2.48. The second-order valence-corrected chi connectivity index (χ2v) is 8.19. The van der Waals surface area contributed by atoms with Crippen LogP contribution in [0.3, 0.4) is 0 Å². The van der Waals surface area contributed by atoms with Crippen LogP contribution in [0.1, 0.15) is 30.5 Å². The van der Waals surface area contributed by atoms with E-state index in [-0.39, 0.29) is 22.9 Å². The summed E-state index contributed by atoms with van der Waals surface area (Å²) in [5, 5.41) is 8.31. The fourth-order valence-electron chi connectivity index (χ4n) is 3.77. The summed E-state index contributed by atoms with van der Waals surface area (Å²) in [5.41, 5.74) is 3.38. The number of carbonyl (C=O) groups is 3. The molecule has 2 aromatic rings. The maximum absolute atomic E-state index is 13.8. The van der Waals surface area contributed by atoms with Gasteiger partial charge in [-0.15, -0.1) is 5.10 Å². The lowest BCUT2D eigenvalue weighted by Gasteiger charge is -2.29. The number of hydrogen-bond donors (Lipinski definition) is 1. The molecule has 0 fully saturated rings. The van der Waals surface area contributed by atoms with E-state index < -0.39 is 4.87 Å². The minimum absolute atomic E-state index is 0.232. The van der Waals surface area contributed by atoms with E-state index in [4.69, 9.17) is 0 Å². The largest absolute Gasteiger partial charge is 0.304 e. The van der Waals surface area contributed by atoms with Crippen molar-refractivity contribution in [3.05, 3.63) is 65.2 Å². The van der Waals surface area contributed by atoms with Crippen LogP contribution in [0.5, 0.6) is 0 Å². The fourth-order valence-corrected chi connectivity index (χ4v) is 5.09. The number of fused-ring (bicyclic) bond motifs is 2. The van der Waals surface area contributed by atoms with Gasteiger partial charge < -0.3 is 10.2 Å². The molecule has 0 bridgehead atoms. The van der Waals surface area contributed by atoms with Gasteiger partial charge in [-0.25, -0.2) is 0 Å². The summed E-state index contributed by atoms with van der Waals surface area (Å²) in [5.74, 6) is -0.942. The Morgan fingerprint density at radius 3 is 2.48 bits per heavy atom. The smallest absolute Gasteiger partial charge is 0.271 e. The molecule has 29 heavy (non-hydrogen) atoms. The number of hydrazone groups is 1. The molecule has 1 atom stereocenters. The Labute approximate surface area is 172 Å². The van der Waals surface area contributed by atoms with E-state index in [1.807, 2.05) is 55.5 Å². The summed E-state index contributed by atoms with van der Waals surface area (Å²) < 4.78 is 0. The van der Waals surface area contributed by atoms with E-state index in [1.165, 1.54) is 18.9 Å². The van der Waals surface area contributed by atoms with Gasteiger partial charge in [0.2, 0.25) is 16.7 Å². The summed E-state index contributed by atoms with van der Waals surface area (Å²) in [4.78, 5) is 38.2. The van der Waals surface area contributed by atoms with Crippen LogP contribution >= 0.6 is 11.8 Å². The highest BCUT2D eigenvalue weighted by Crippen LogP contribution is 2.55. The number of nitrogens with one attached hydrogen (secondary N) is 1. The summed E-state index contributed by atoms with van der Waals surface area (Å²) in [6.07, 6.45) is 0. The van der Waals surface area contributed by atoms with Crippen molar-refractivity contribution in [2.45, 2.75) is 32.2 Å². The normalized spacial score (nSPS) is 20.1. The first-order valence-corrected chi connectivity index (χ1v) is 9.98. The van der Waals surface area contributed by atoms with Crippen LogP contribution in [0.25, 0.3) is 0 Å². The summed E-state index contributed by atoms with van der Waals surface area (Å²) in [6.45, 7) is 5.05. The summed E-state index contributed by atoms with van der Waals surface area (Å²) in [7, 11) is 0. The molecule has 2 aliphatic rings. The van der Waals surface area contributed by atoms with Crippen LogP contribution in [-0.4, -0.2) is 27.9 Å². The Kier molecular flexibility index (Phi) is 4.66. The highest BCUT2D eigenvalue weighted by atomic mass is 32.2. The highest BCUT2D eigenvalue weighted by Gasteiger charge is 2.61. The molecular formula is C21H20N4O3S. The average molecular weight is 408 g/mol. The van der Waals surface area contributed by atoms with E-state index in [1.54, 1.807) is 4.90 Å². The lowest BCUT2D eigenvalue weighted by atomic mass is 10.0. The van der Waals surface area contributed by atoms with Gasteiger partial charge in [-0.2, -0.15) is 5.01 Å². The molecule has 1 spiro atoms. The summed E-state index contributed by atoms with van der Waals surface area (Å²) in [6, 6.07) is 15.3. The second-order valence-electron chi connectivity index (χ2n) is 7.01. The molecule has 148 valence electrons. The molecule has 1 N–H and O–H groups in total. The van der Waals surface area contributed by atoms with Crippen LogP contribution in [0.2, 0.25) is 0 Å². The summed E-state index contributed by atoms with van der Waals surface area (Å²) >= 11 is 1.09. The van der Waals surface area contributed by atoms with Gasteiger partial charge in [-0.05, 0) is 29.8 Å². The van der Waals surface area contributed by atoms with Crippen LogP contribution in [0.15, 0.2) is 53.6 Å². The number of para-hydroxylation sites is 1. The molecule has 4 rings (SSSR count). The first kappa shape index (κ1) is 19.2. The Morgan fingerprint density at radius 1 is 1.10 bits per heavy atom. The molecule has 0 aromatic heterocycles. The van der Waals surface area contributed by atoms with E-state index in [0.29, 0.717) is 12.1 Å². The van der Waals surface area contributed by atoms with Gasteiger partial charge in [0.15, 0.2) is 5.17 Å². The third-order valence-electron chi connectivity index (χ3n) is 4.91. The lowest BCUT2D eigenvalue weighted by molar-refractivity contribution is -0.139. The Bertz CT molecular complexity index is 1050. The Hall–Kier alpha value is -3.13. The van der Waals surface area contributed by atoms with Gasteiger partial charge in [-0.1, -0.05) is 48.5 Å². The van der Waals surface area contributed by atoms with E-state index in [9.17, 15) is 14.4 Å². The zero-order chi connectivity index (χ0) is 20.8. The number of carbonyl (C=O) groups excluding carboxylic acids is 3. The van der Waals surface area contributed by atoms with Gasteiger partial charge in [0, 0.05) is 19.4 Å². The number of nitrogens with zero attached hydrogens (tertiary/aromatic N) is 3. The molecule has 0 radical (unpaired) electrons. The standard InChI is InChI=1S/C21H20N4O3S/c1-13-8-7-11-17-18(13)24(12-16-9-5-4-6-10-16)19(28)21(17)25(15(3)27)23-20(29-21)22-14(2)26/h4-11H,12H2,1-3H3,(H,22,23,26). The number of amides is 3. The minimum atomic E-state index is -1.36. The zero-order valence-corrected chi connectivity index (χ0v) is 17.1. The van der Waals surface area contributed by atoms with Gasteiger partial charge in [-0.3, -0.25) is 14.4 Å². The van der Waals surface area contributed by atoms with Crippen LogP contribution in [0, 0.1) is 6.92 Å². The number of amidine groups is 1. The maximum atomic E-state index is 13.8. The molecule has 2 aromatic carbocycles. The van der Waals surface area contributed by atoms with Crippen molar-refractivity contribution in [2.24, 2.45) is 5.10 Å². The van der Waals surface area contributed by atoms with Gasteiger partial charge in [0.05, 0.1) is 12.2 Å². The molecule has 1 unspecified atom stereocenters. The minimum Gasteiger partial charge on any atom is -0.304 e. The molecule has 0 saturated carbocycles. The SMILES string of the molecule is CC(=O)NC1=NN(C(C)=O)C2(S1)C(=O)N(Cc1ccccc1)c1c(C)cccc12. The number of aryl methyl sites for hydroxylation is 1. The Balaban J connectivity index is 1.85. The first-order valence-electron chi connectivity index (χ1n) is 9.16. The van der Waals surface area contributed by atoms with E-state index in [0.717, 1.165) is 28.6 Å². The predicted octanol–water partition coefficient (Wildman–Crippen LogP) is 2.70. The second kappa shape index (κ2) is 7.04. The third-order valence-corrected chi connectivity index (χ3v) is 6.15. The quantitative estimate of drug-likeness (QED) is 0.828. The number of anilines is 1. The molecule has 3 amide bonds. The number of benzene rings is 2. The highest BCUT2D eigenvalue weighted by molar-refractivity contribution is 8.15. The Morgan fingerprint density at radius 2 is 1.83 bits per heavy atom. The van der Waals surface area contributed by atoms with Crippen molar-refractivity contribution in [2.75, 3.05) is 4.90 Å². The number of thioether (sulfide) groups is 1. The number of hydrogen-bond acceptors (Lipinski definition) is 5. The van der Waals surface area contributed by atoms with E-state index >= 15 is 0 Å². The molecule has 0 aliphatic carbocycles. The van der Waals surface area contributed by atoms with Gasteiger partial charge >= 0.3 is 0 Å². The zero-order valence-electron chi connectivity index (χ0n) is 16.3. The fraction of sp³-hybridized carbons (Fsp3) is 0.238. The van der Waals surface area contributed by atoms with Crippen molar-refractivity contribution in [3.8, 4) is 0 Å². The number of rotatable bonds is 2. The maximum Gasteiger partial charge on any atom is 0.271 e. The molecule has 0 saturated heterocycles. The van der Waals surface area contributed by atoms with Crippen LogP contribution < -0.4 is 10.2 Å². The molecule has 8 heteroatoms. The van der Waals surface area contributed by atoms with Crippen molar-refractivity contribution in [1.29, 1.82) is 0 Å². The van der Waals surface area contributed by atoms with Gasteiger partial charge in [0.1, 0.15) is 0 Å². The topological polar surface area (TPSA) is 82.1 Å². The first-order chi connectivity index (χ1) is 13.8. The van der Waals surface area contributed by atoms with Crippen LogP contribution in [0.4, 0.5) is 5.69 Å².